The van der Waals surface area contributed by atoms with Crippen molar-refractivity contribution >= 4 is 11.8 Å². The van der Waals surface area contributed by atoms with Crippen LogP contribution in [-0.4, -0.2) is 71.9 Å². The highest BCUT2D eigenvalue weighted by Gasteiger charge is 2.41. The Kier molecular flexibility index (Phi) is 10.3. The topological polar surface area (TPSA) is 118 Å². The lowest BCUT2D eigenvalue weighted by Gasteiger charge is -2.32. The molecular formula is C26H38N6O4. The fourth-order valence-corrected chi connectivity index (χ4v) is 4.09. The van der Waals surface area contributed by atoms with Crippen molar-refractivity contribution in [2.75, 3.05) is 39.5 Å². The van der Waals surface area contributed by atoms with Gasteiger partial charge in [0.25, 0.3) is 0 Å². The quantitative estimate of drug-likeness (QED) is 0.293. The van der Waals surface area contributed by atoms with E-state index in [1.807, 2.05) is 0 Å². The van der Waals surface area contributed by atoms with Crippen LogP contribution in [0.5, 0.6) is 0 Å². The third kappa shape index (κ3) is 8.35. The molecule has 36 heavy (non-hydrogen) atoms. The summed E-state index contributed by atoms with van der Waals surface area (Å²) in [6.45, 7) is 8.83. The summed E-state index contributed by atoms with van der Waals surface area (Å²) in [5.41, 5.74) is -0.0232. The van der Waals surface area contributed by atoms with E-state index in [1.54, 1.807) is 24.2 Å². The number of aromatic nitrogens is 2. The van der Waals surface area contributed by atoms with Crippen LogP contribution in [0.1, 0.15) is 63.4 Å². The van der Waals surface area contributed by atoms with Crippen LogP contribution >= 0.6 is 0 Å². The van der Waals surface area contributed by atoms with Gasteiger partial charge in [-0.25, -0.2) is 9.97 Å². The van der Waals surface area contributed by atoms with Crippen molar-refractivity contribution in [3.63, 3.8) is 0 Å². The summed E-state index contributed by atoms with van der Waals surface area (Å²) < 4.78 is 11.1. The highest BCUT2D eigenvalue weighted by atomic mass is 16.5. The van der Waals surface area contributed by atoms with Gasteiger partial charge in [0.05, 0.1) is 19.6 Å². The summed E-state index contributed by atoms with van der Waals surface area (Å²) in [6, 6.07) is -0.881. The number of nitrogens with one attached hydrogen (secondary N) is 1. The number of carbonyl (C=O) groups excluding carboxylic acids is 2. The van der Waals surface area contributed by atoms with Crippen LogP contribution in [-0.2, 0) is 19.1 Å². The van der Waals surface area contributed by atoms with Crippen LogP contribution in [0.25, 0.3) is 0 Å². The molecule has 196 valence electrons. The molecule has 2 amide bonds. The van der Waals surface area contributed by atoms with Crippen molar-refractivity contribution in [1.29, 1.82) is 0 Å². The summed E-state index contributed by atoms with van der Waals surface area (Å²) in [5.74, 6) is 3.39. The van der Waals surface area contributed by atoms with Gasteiger partial charge in [0, 0.05) is 69.4 Å². The van der Waals surface area contributed by atoms with Crippen LogP contribution in [0.4, 0.5) is 0 Å². The Labute approximate surface area is 213 Å². The number of hydrogen-bond donors (Lipinski definition) is 1. The number of amides is 2. The Balaban J connectivity index is 1.79. The van der Waals surface area contributed by atoms with E-state index in [2.05, 4.69) is 45.3 Å². The van der Waals surface area contributed by atoms with E-state index in [4.69, 9.17) is 15.9 Å². The number of nitrogens with zero attached hydrogens (tertiary/aromatic N) is 5. The lowest BCUT2D eigenvalue weighted by Crippen LogP contribution is -2.46. The van der Waals surface area contributed by atoms with E-state index in [0.717, 1.165) is 6.42 Å². The fraction of sp³-hybridized carbons (Fsp3) is 0.692. The van der Waals surface area contributed by atoms with Gasteiger partial charge in [0.2, 0.25) is 11.8 Å². The zero-order valence-corrected chi connectivity index (χ0v) is 21.6. The lowest BCUT2D eigenvalue weighted by molar-refractivity contribution is -0.142. The number of carbonyl (C=O) groups is 2. The normalized spacial score (nSPS) is 18.6. The molecule has 0 aromatic carbocycles. The predicted octanol–water partition coefficient (Wildman–Crippen LogP) is 2.84. The van der Waals surface area contributed by atoms with Gasteiger partial charge >= 0.3 is 0 Å². The van der Waals surface area contributed by atoms with Crippen LogP contribution in [0, 0.1) is 31.1 Å². The molecule has 1 saturated heterocycles. The number of aryl methyl sites for hydroxylation is 1. The van der Waals surface area contributed by atoms with Crippen LogP contribution < -0.4 is 5.32 Å². The third-order valence-electron chi connectivity index (χ3n) is 6.30. The molecule has 0 radical (unpaired) electrons. The van der Waals surface area contributed by atoms with Gasteiger partial charge in [0.15, 0.2) is 5.66 Å². The highest BCUT2D eigenvalue weighted by molar-refractivity contribution is 5.88. The van der Waals surface area contributed by atoms with Gasteiger partial charge in [0.1, 0.15) is 11.9 Å². The molecule has 1 aromatic rings. The van der Waals surface area contributed by atoms with E-state index >= 15 is 0 Å². The molecule has 10 nitrogen and oxygen atoms in total. The van der Waals surface area contributed by atoms with E-state index in [0.29, 0.717) is 69.5 Å². The molecule has 1 aromatic heterocycles. The first kappa shape index (κ1) is 27.7. The monoisotopic (exact) mass is 498 g/mol. The smallest absolute Gasteiger partial charge is 0.247 e. The van der Waals surface area contributed by atoms with Crippen LogP contribution in [0.2, 0.25) is 0 Å². The van der Waals surface area contributed by atoms with Gasteiger partial charge in [-0.3, -0.25) is 9.59 Å². The van der Waals surface area contributed by atoms with Gasteiger partial charge in [-0.05, 0) is 19.3 Å². The molecule has 1 N–H and O–H groups in total. The Morgan fingerprint density at radius 2 is 2.06 bits per heavy atom. The summed E-state index contributed by atoms with van der Waals surface area (Å²) in [7, 11) is 0. The molecular weight excluding hydrogens is 460 g/mol. The molecule has 0 saturated carbocycles. The van der Waals surface area contributed by atoms with E-state index in [-0.39, 0.29) is 30.8 Å². The molecule has 2 aliphatic rings. The van der Waals surface area contributed by atoms with E-state index in [1.165, 1.54) is 0 Å². The van der Waals surface area contributed by atoms with Crippen LogP contribution in [0.15, 0.2) is 22.6 Å². The first-order valence-electron chi connectivity index (χ1n) is 12.7. The fourth-order valence-electron chi connectivity index (χ4n) is 4.09. The zero-order chi connectivity index (χ0) is 26.0. The number of hydrogen-bond acceptors (Lipinski definition) is 8. The Morgan fingerprint density at radius 1 is 1.31 bits per heavy atom. The maximum Gasteiger partial charge on any atom is 0.247 e. The largest absolute Gasteiger partial charge is 0.381 e. The molecule has 10 heteroatoms. The van der Waals surface area contributed by atoms with Gasteiger partial charge in [-0.15, -0.1) is 12.3 Å². The number of ether oxygens (including phenoxy) is 2. The van der Waals surface area contributed by atoms with Gasteiger partial charge < -0.3 is 19.7 Å². The van der Waals surface area contributed by atoms with Crippen molar-refractivity contribution in [3.05, 3.63) is 23.8 Å². The summed E-state index contributed by atoms with van der Waals surface area (Å²) in [4.78, 5) is 37.2. The molecule has 2 unspecified atom stereocenters. The molecule has 3 heterocycles. The minimum Gasteiger partial charge on any atom is -0.381 e. The summed E-state index contributed by atoms with van der Waals surface area (Å²) in [6.07, 6.45) is 11.4. The summed E-state index contributed by atoms with van der Waals surface area (Å²) in [5, 5.41) is 11.4. The SMILES string of the molecule is C#CCCC1(CCN(C(=O)CCOCC(C)C)C(C(=O)NCC2CCOC2)c2cnc(C)nc2)N=N1. The molecule has 2 atom stereocenters. The Bertz CT molecular complexity index is 931. The van der Waals surface area contributed by atoms with Crippen molar-refractivity contribution in [3.8, 4) is 12.3 Å². The Morgan fingerprint density at radius 3 is 2.67 bits per heavy atom. The average Bonchev–Trinajstić information content (AvgIpc) is 3.43. The average molecular weight is 499 g/mol. The van der Waals surface area contributed by atoms with Gasteiger partial charge in [-0.2, -0.15) is 10.2 Å². The maximum absolute atomic E-state index is 13.6. The van der Waals surface area contributed by atoms with Crippen molar-refractivity contribution in [1.82, 2.24) is 20.2 Å². The molecule has 1 fully saturated rings. The molecule has 0 bridgehead atoms. The van der Waals surface area contributed by atoms with E-state index in [9.17, 15) is 9.59 Å². The minimum atomic E-state index is -0.881. The first-order valence-corrected chi connectivity index (χ1v) is 12.7. The van der Waals surface area contributed by atoms with Crippen LogP contribution in [0.3, 0.4) is 0 Å². The predicted molar refractivity (Wildman–Crippen MR) is 134 cm³/mol. The maximum atomic E-state index is 13.6. The molecule has 0 spiro atoms. The zero-order valence-electron chi connectivity index (χ0n) is 21.6. The molecule has 2 aliphatic heterocycles. The molecule has 3 rings (SSSR count). The number of rotatable bonds is 15. The van der Waals surface area contributed by atoms with E-state index < -0.39 is 11.7 Å². The third-order valence-corrected chi connectivity index (χ3v) is 6.30. The van der Waals surface area contributed by atoms with Crippen molar-refractivity contribution < 1.29 is 19.1 Å². The second kappa shape index (κ2) is 13.4. The second-order valence-electron chi connectivity index (χ2n) is 9.88. The van der Waals surface area contributed by atoms with Gasteiger partial charge in [-0.1, -0.05) is 13.8 Å². The second-order valence-corrected chi connectivity index (χ2v) is 9.88. The molecule has 0 aliphatic carbocycles. The Hall–Kier alpha value is -2.90. The highest BCUT2D eigenvalue weighted by Crippen LogP contribution is 2.37. The van der Waals surface area contributed by atoms with Crippen molar-refractivity contribution in [2.24, 2.45) is 22.1 Å². The number of terminal acetylenes is 1. The van der Waals surface area contributed by atoms with Crippen molar-refractivity contribution in [2.45, 2.75) is 64.6 Å². The first-order chi connectivity index (χ1) is 17.3. The summed E-state index contributed by atoms with van der Waals surface area (Å²) >= 11 is 0. The minimum absolute atomic E-state index is 0.158. The standard InChI is InChI=1S/C26H38N6O4/c1-5-6-9-26(30-31-26)10-11-32(23(33)8-13-35-17-19(2)3)24(22-15-27-20(4)28-16-22)25(34)29-14-21-7-12-36-18-21/h1,15-16,19,21,24H,6-14,17-18H2,2-4H3,(H,29,34). The lowest BCUT2D eigenvalue weighted by atomic mass is 10.0.